The van der Waals surface area contributed by atoms with Gasteiger partial charge in [-0.2, -0.15) is 0 Å². The topological polar surface area (TPSA) is 112 Å². The number of carbonyl (C=O) groups is 3. The van der Waals surface area contributed by atoms with Gasteiger partial charge in [0.25, 0.3) is 0 Å². The molecule has 0 bridgehead atoms. The first-order valence-electron chi connectivity index (χ1n) is 4.12. The molecule has 17 heavy (non-hydrogen) atoms. The van der Waals surface area contributed by atoms with Gasteiger partial charge in [0.2, 0.25) is 0 Å². The summed E-state index contributed by atoms with van der Waals surface area (Å²) in [4.78, 5) is 25.0. The quantitative estimate of drug-likeness (QED) is 0.618. The molecule has 0 aromatic rings. The van der Waals surface area contributed by atoms with E-state index < -0.39 is 18.7 Å². The Labute approximate surface area is 95.7 Å². The third kappa shape index (κ3) is 52800. The summed E-state index contributed by atoms with van der Waals surface area (Å²) in [5, 5.41) is 20.2. The first kappa shape index (κ1) is 24.4. The number of hydrogen-bond donors (Lipinski definition) is 3. The lowest BCUT2D eigenvalue weighted by molar-refractivity contribution is 0.167. The summed E-state index contributed by atoms with van der Waals surface area (Å²) >= 11 is 0. The molecule has 0 atom stereocenters. The summed E-state index contributed by atoms with van der Waals surface area (Å²) in [5.41, 5.74) is 0. The van der Waals surface area contributed by atoms with Gasteiger partial charge in [-0.25, -0.2) is 14.4 Å². The predicted octanol–water partition coefficient (Wildman–Crippen LogP) is 3.95. The second-order valence-corrected chi connectivity index (χ2v) is 2.56. The lowest BCUT2D eigenvalue weighted by Gasteiger charge is -1.90. The average molecular weight is 264 g/mol. The molecule has 0 aliphatic carbocycles. The number of carboxylic acid groups (broad SMARTS) is 3. The van der Waals surface area contributed by atoms with E-state index >= 15 is 0 Å². The van der Waals surface area contributed by atoms with Crippen LogP contribution < -0.4 is 0 Å². The van der Waals surface area contributed by atoms with Gasteiger partial charge < -0.3 is 15.3 Å². The van der Waals surface area contributed by atoms with E-state index in [1.54, 1.807) is 0 Å². The van der Waals surface area contributed by atoms with Gasteiger partial charge in [0.15, 0.2) is 0 Å². The Kier molecular flexibility index (Phi) is 28.3. The highest BCUT2D eigenvalue weighted by Crippen LogP contribution is 1.93. The van der Waals surface area contributed by atoms with Crippen LogP contribution in [0, 0.1) is 5.92 Å². The van der Waals surface area contributed by atoms with Crippen molar-refractivity contribution in [1.82, 2.24) is 0 Å². The normalized spacial score (nSPS) is 7.24. The largest absolute Gasteiger partial charge is 0.492 e. The van der Waals surface area contributed by atoms with Crippen molar-refractivity contribution in [3.8, 4) is 0 Å². The molecule has 0 aliphatic rings. The lowest BCUT2D eigenvalue weighted by Crippen LogP contribution is -1.77. The van der Waals surface area contributed by atoms with Crippen molar-refractivity contribution >= 4 is 18.7 Å². The SMILES string of the molecule is CCC(C)C.O=C(O)F.O=C(O)F.O=C(O)F. The highest BCUT2D eigenvalue weighted by molar-refractivity contribution is 5.55. The zero-order chi connectivity index (χ0) is 15.0. The maximum Gasteiger partial charge on any atom is 0.492 e. The van der Waals surface area contributed by atoms with Crippen LogP contribution in [-0.2, 0) is 0 Å². The fraction of sp³-hybridized carbons (Fsp3) is 0.625. The zero-order valence-corrected chi connectivity index (χ0v) is 9.48. The summed E-state index contributed by atoms with van der Waals surface area (Å²) in [5.74, 6) is 0.884. The summed E-state index contributed by atoms with van der Waals surface area (Å²) in [7, 11) is 0. The minimum atomic E-state index is -2.33. The van der Waals surface area contributed by atoms with E-state index in [9.17, 15) is 13.2 Å². The van der Waals surface area contributed by atoms with E-state index in [4.69, 9.17) is 29.7 Å². The maximum absolute atomic E-state index is 9.92. The minimum Gasteiger partial charge on any atom is -0.456 e. The van der Waals surface area contributed by atoms with Gasteiger partial charge in [-0.05, 0) is 5.92 Å². The molecular weight excluding hydrogens is 249 g/mol. The van der Waals surface area contributed by atoms with Crippen molar-refractivity contribution in [3.63, 3.8) is 0 Å². The molecule has 0 aromatic heterocycles. The Hall–Kier alpha value is -1.80. The molecule has 0 radical (unpaired) electrons. The van der Waals surface area contributed by atoms with E-state index in [2.05, 4.69) is 20.8 Å². The molecule has 0 aliphatic heterocycles. The zero-order valence-electron chi connectivity index (χ0n) is 9.48. The van der Waals surface area contributed by atoms with E-state index in [-0.39, 0.29) is 0 Å². The van der Waals surface area contributed by atoms with Crippen LogP contribution in [0.25, 0.3) is 0 Å². The fourth-order valence-electron chi connectivity index (χ4n) is 0. The van der Waals surface area contributed by atoms with Crippen molar-refractivity contribution in [2.24, 2.45) is 5.92 Å². The van der Waals surface area contributed by atoms with Crippen LogP contribution in [0.5, 0.6) is 0 Å². The van der Waals surface area contributed by atoms with Crippen LogP contribution in [0.3, 0.4) is 0 Å². The molecule has 0 spiro atoms. The van der Waals surface area contributed by atoms with Crippen molar-refractivity contribution in [2.75, 3.05) is 0 Å². The lowest BCUT2D eigenvalue weighted by atomic mass is 10.2. The van der Waals surface area contributed by atoms with Crippen LogP contribution >= 0.6 is 0 Å². The van der Waals surface area contributed by atoms with Gasteiger partial charge >= 0.3 is 18.7 Å². The Morgan fingerprint density at radius 3 is 0.941 bits per heavy atom. The molecule has 0 saturated carbocycles. The second-order valence-electron chi connectivity index (χ2n) is 2.56. The Morgan fingerprint density at radius 1 is 0.882 bits per heavy atom. The van der Waals surface area contributed by atoms with Gasteiger partial charge in [-0.1, -0.05) is 27.2 Å². The predicted molar refractivity (Wildman–Crippen MR) is 52.5 cm³/mol. The molecule has 9 heteroatoms. The minimum absolute atomic E-state index is 0.884. The standard InChI is InChI=1S/C5H12.3CHFO2/c1-4-5(2)3;3*2-1(3)4/h5H,4H2,1-3H3;3*(H,3,4). The van der Waals surface area contributed by atoms with Gasteiger partial charge in [-0.3, -0.25) is 0 Å². The van der Waals surface area contributed by atoms with E-state index in [1.807, 2.05) is 0 Å². The van der Waals surface area contributed by atoms with Crippen molar-refractivity contribution in [2.45, 2.75) is 27.2 Å². The monoisotopic (exact) mass is 264 g/mol. The number of halogens is 3. The molecule has 0 amide bonds. The number of hydrogen-bond acceptors (Lipinski definition) is 3. The highest BCUT2D eigenvalue weighted by atomic mass is 19.2. The summed E-state index contributed by atoms with van der Waals surface area (Å²) < 4.78 is 29.8. The first-order chi connectivity index (χ1) is 7.47. The molecule has 0 heterocycles. The smallest absolute Gasteiger partial charge is 0.456 e. The van der Waals surface area contributed by atoms with Crippen molar-refractivity contribution in [1.29, 1.82) is 0 Å². The third-order valence-corrected chi connectivity index (χ3v) is 0.816. The van der Waals surface area contributed by atoms with E-state index in [0.717, 1.165) is 5.92 Å². The Balaban J connectivity index is -0.0000000667. The van der Waals surface area contributed by atoms with Crippen LogP contribution in [0.1, 0.15) is 27.2 Å². The summed E-state index contributed by atoms with van der Waals surface area (Å²) in [6.07, 6.45) is -5.69. The van der Waals surface area contributed by atoms with Gasteiger partial charge in [-0.15, -0.1) is 13.2 Å². The van der Waals surface area contributed by atoms with Crippen molar-refractivity contribution in [3.05, 3.63) is 0 Å². The molecular formula is C8H15F3O6. The van der Waals surface area contributed by atoms with Crippen molar-refractivity contribution < 1.29 is 42.9 Å². The maximum atomic E-state index is 9.92. The molecule has 0 saturated heterocycles. The second kappa shape index (κ2) is 19.7. The van der Waals surface area contributed by atoms with Gasteiger partial charge in [0.1, 0.15) is 0 Å². The summed E-state index contributed by atoms with van der Waals surface area (Å²) in [6.45, 7) is 6.64. The Morgan fingerprint density at radius 2 is 0.941 bits per heavy atom. The average Bonchev–Trinajstić information content (AvgIpc) is 2.00. The first-order valence-corrected chi connectivity index (χ1v) is 4.12. The molecule has 0 rings (SSSR count). The van der Waals surface area contributed by atoms with Gasteiger partial charge in [0.05, 0.1) is 0 Å². The highest BCUT2D eigenvalue weighted by Gasteiger charge is 1.80. The van der Waals surface area contributed by atoms with Crippen LogP contribution in [0.2, 0.25) is 0 Å². The molecule has 0 unspecified atom stereocenters. The summed E-state index contributed by atoms with van der Waals surface area (Å²) in [6, 6.07) is 0. The van der Waals surface area contributed by atoms with E-state index in [1.165, 1.54) is 6.42 Å². The van der Waals surface area contributed by atoms with E-state index in [0.29, 0.717) is 0 Å². The van der Waals surface area contributed by atoms with Gasteiger partial charge in [0, 0.05) is 0 Å². The fourth-order valence-corrected chi connectivity index (χ4v) is 0. The third-order valence-electron chi connectivity index (χ3n) is 0.816. The molecule has 3 N–H and O–H groups in total. The Bertz CT molecular complexity index is 167. The molecule has 0 aromatic carbocycles. The van der Waals surface area contributed by atoms with Crippen LogP contribution in [0.4, 0.5) is 27.6 Å². The molecule has 0 fully saturated rings. The molecule has 104 valence electrons. The van der Waals surface area contributed by atoms with Crippen LogP contribution in [0.15, 0.2) is 0 Å². The molecule has 6 nitrogen and oxygen atoms in total. The van der Waals surface area contributed by atoms with Crippen LogP contribution in [-0.4, -0.2) is 34.0 Å². The number of rotatable bonds is 1.